The third kappa shape index (κ3) is 4.75. The van der Waals surface area contributed by atoms with Gasteiger partial charge in [-0.15, -0.1) is 0 Å². The number of guanidine groups is 1. The van der Waals surface area contributed by atoms with E-state index >= 15 is 0 Å². The summed E-state index contributed by atoms with van der Waals surface area (Å²) in [7, 11) is -1.24. The summed E-state index contributed by atoms with van der Waals surface area (Å²) in [5.41, 5.74) is 0. The van der Waals surface area contributed by atoms with Gasteiger partial charge in [0.25, 0.3) is 0 Å². The first-order valence-electron chi connectivity index (χ1n) is 7.53. The number of hydrogen-bond acceptors (Lipinski definition) is 4. The molecule has 2 fully saturated rings. The second-order valence-corrected chi connectivity index (χ2v) is 8.81. The van der Waals surface area contributed by atoms with Crippen LogP contribution >= 0.6 is 11.8 Å². The van der Waals surface area contributed by atoms with Crippen molar-refractivity contribution in [3.8, 4) is 0 Å². The van der Waals surface area contributed by atoms with E-state index in [1.807, 2.05) is 11.8 Å². The van der Waals surface area contributed by atoms with Gasteiger partial charge in [-0.2, -0.15) is 11.8 Å². The normalized spacial score (nSPS) is 29.7. The number of rotatable bonds is 5. The molecule has 8 heteroatoms. The Hall–Kier alpha value is -0.470. The van der Waals surface area contributed by atoms with E-state index in [4.69, 9.17) is 0 Å². The van der Waals surface area contributed by atoms with Gasteiger partial charge in [0.05, 0.1) is 5.75 Å². The van der Waals surface area contributed by atoms with Gasteiger partial charge in [-0.25, -0.2) is 12.7 Å². The highest BCUT2D eigenvalue weighted by Gasteiger charge is 2.28. The predicted octanol–water partition coefficient (Wildman–Crippen LogP) is 0.471. The standard InChI is InChI=1S/C13H26N4O2S2/c1-14-13(16-11-4-5-12(10-11)20-2)15-6-8-17-7-3-9-21(17,18)19/h11-12H,3-10H2,1-2H3,(H2,14,15,16). The van der Waals surface area contributed by atoms with Crippen LogP contribution in [-0.2, 0) is 10.0 Å². The predicted molar refractivity (Wildman–Crippen MR) is 89.4 cm³/mol. The first-order valence-corrected chi connectivity index (χ1v) is 10.4. The Morgan fingerprint density at radius 2 is 2.24 bits per heavy atom. The number of thioether (sulfide) groups is 1. The van der Waals surface area contributed by atoms with Gasteiger partial charge in [0, 0.05) is 38.0 Å². The highest BCUT2D eigenvalue weighted by Crippen LogP contribution is 2.27. The summed E-state index contributed by atoms with van der Waals surface area (Å²) in [5, 5.41) is 7.40. The lowest BCUT2D eigenvalue weighted by Crippen LogP contribution is -2.45. The van der Waals surface area contributed by atoms with E-state index in [9.17, 15) is 8.42 Å². The lowest BCUT2D eigenvalue weighted by molar-refractivity contribution is 0.444. The molecule has 1 saturated carbocycles. The van der Waals surface area contributed by atoms with E-state index in [1.165, 1.54) is 19.3 Å². The first-order chi connectivity index (χ1) is 10.0. The van der Waals surface area contributed by atoms with Gasteiger partial charge >= 0.3 is 0 Å². The lowest BCUT2D eigenvalue weighted by Gasteiger charge is -2.19. The smallest absolute Gasteiger partial charge is 0.214 e. The molecular formula is C13H26N4O2S2. The van der Waals surface area contributed by atoms with Crippen LogP contribution in [0.5, 0.6) is 0 Å². The summed E-state index contributed by atoms with van der Waals surface area (Å²) in [6.07, 6.45) is 6.50. The van der Waals surface area contributed by atoms with E-state index in [0.717, 1.165) is 17.6 Å². The van der Waals surface area contributed by atoms with Crippen molar-refractivity contribution in [2.45, 2.75) is 37.0 Å². The van der Waals surface area contributed by atoms with Crippen molar-refractivity contribution in [1.82, 2.24) is 14.9 Å². The molecule has 6 nitrogen and oxygen atoms in total. The second kappa shape index (κ2) is 7.69. The minimum Gasteiger partial charge on any atom is -0.355 e. The fourth-order valence-electron chi connectivity index (χ4n) is 2.91. The molecular weight excluding hydrogens is 308 g/mol. The maximum absolute atomic E-state index is 11.7. The van der Waals surface area contributed by atoms with Gasteiger partial charge in [-0.1, -0.05) is 0 Å². The van der Waals surface area contributed by atoms with E-state index in [0.29, 0.717) is 25.7 Å². The van der Waals surface area contributed by atoms with Crippen LogP contribution in [0.15, 0.2) is 4.99 Å². The molecule has 2 atom stereocenters. The van der Waals surface area contributed by atoms with Crippen molar-refractivity contribution in [3.63, 3.8) is 0 Å². The molecule has 2 unspecified atom stereocenters. The average Bonchev–Trinajstić information content (AvgIpc) is 3.04. The largest absolute Gasteiger partial charge is 0.355 e. The highest BCUT2D eigenvalue weighted by atomic mass is 32.2. The van der Waals surface area contributed by atoms with Gasteiger partial charge in [-0.3, -0.25) is 4.99 Å². The highest BCUT2D eigenvalue weighted by molar-refractivity contribution is 7.99. The van der Waals surface area contributed by atoms with Crippen LogP contribution in [0.1, 0.15) is 25.7 Å². The number of hydrogen-bond donors (Lipinski definition) is 2. The minimum absolute atomic E-state index is 0.290. The quantitative estimate of drug-likeness (QED) is 0.565. The first kappa shape index (κ1) is 16.9. The van der Waals surface area contributed by atoms with Gasteiger partial charge in [-0.05, 0) is 31.9 Å². The SMILES string of the molecule is CN=C(NCCN1CCCS1(=O)=O)NC1CCC(SC)C1. The summed E-state index contributed by atoms with van der Waals surface area (Å²) in [6, 6.07) is 0.476. The van der Waals surface area contributed by atoms with E-state index in [-0.39, 0.29) is 5.75 Å². The monoisotopic (exact) mass is 334 g/mol. The zero-order valence-corrected chi connectivity index (χ0v) is 14.5. The fraction of sp³-hybridized carbons (Fsp3) is 0.923. The molecule has 0 aromatic rings. The third-order valence-corrected chi connectivity index (χ3v) is 7.19. The molecule has 0 spiro atoms. The topological polar surface area (TPSA) is 73.8 Å². The molecule has 2 rings (SSSR count). The van der Waals surface area contributed by atoms with Crippen molar-refractivity contribution in [2.75, 3.05) is 38.7 Å². The summed E-state index contributed by atoms with van der Waals surface area (Å²) < 4.78 is 25.0. The molecule has 0 bridgehead atoms. The van der Waals surface area contributed by atoms with Gasteiger partial charge < -0.3 is 10.6 Å². The van der Waals surface area contributed by atoms with Crippen LogP contribution < -0.4 is 10.6 Å². The summed E-state index contributed by atoms with van der Waals surface area (Å²) in [6.45, 7) is 1.76. The zero-order valence-electron chi connectivity index (χ0n) is 12.8. The van der Waals surface area contributed by atoms with E-state index < -0.39 is 10.0 Å². The molecule has 0 amide bonds. The molecule has 2 N–H and O–H groups in total. The van der Waals surface area contributed by atoms with Crippen LogP contribution in [0.4, 0.5) is 0 Å². The zero-order chi connectivity index (χ0) is 15.3. The van der Waals surface area contributed by atoms with Crippen LogP contribution in [-0.4, -0.2) is 68.7 Å². The molecule has 1 aliphatic heterocycles. The molecule has 122 valence electrons. The summed E-state index contributed by atoms with van der Waals surface area (Å²) in [4.78, 5) is 4.22. The van der Waals surface area contributed by atoms with E-state index in [2.05, 4.69) is 21.9 Å². The van der Waals surface area contributed by atoms with Gasteiger partial charge in [0.2, 0.25) is 10.0 Å². The van der Waals surface area contributed by atoms with Crippen LogP contribution in [0.25, 0.3) is 0 Å². The molecule has 21 heavy (non-hydrogen) atoms. The minimum atomic E-state index is -2.99. The van der Waals surface area contributed by atoms with Crippen molar-refractivity contribution in [1.29, 1.82) is 0 Å². The fourth-order valence-corrected chi connectivity index (χ4v) is 5.24. The maximum atomic E-state index is 11.7. The maximum Gasteiger partial charge on any atom is 0.214 e. The molecule has 1 aliphatic carbocycles. The van der Waals surface area contributed by atoms with Crippen LogP contribution in [0.2, 0.25) is 0 Å². The number of nitrogens with one attached hydrogen (secondary N) is 2. The Bertz CT molecular complexity index is 467. The van der Waals surface area contributed by atoms with Crippen molar-refractivity contribution >= 4 is 27.7 Å². The molecule has 0 radical (unpaired) electrons. The molecule has 0 aromatic heterocycles. The Morgan fingerprint density at radius 1 is 1.43 bits per heavy atom. The van der Waals surface area contributed by atoms with E-state index in [1.54, 1.807) is 11.4 Å². The van der Waals surface area contributed by atoms with Crippen molar-refractivity contribution in [3.05, 3.63) is 0 Å². The van der Waals surface area contributed by atoms with Crippen LogP contribution in [0, 0.1) is 0 Å². The average molecular weight is 335 g/mol. The Balaban J connectivity index is 1.71. The molecule has 1 heterocycles. The molecule has 1 saturated heterocycles. The Morgan fingerprint density at radius 3 is 2.81 bits per heavy atom. The van der Waals surface area contributed by atoms with Crippen molar-refractivity contribution in [2.24, 2.45) is 4.99 Å². The van der Waals surface area contributed by atoms with Gasteiger partial charge in [0.15, 0.2) is 5.96 Å². The van der Waals surface area contributed by atoms with Gasteiger partial charge in [0.1, 0.15) is 0 Å². The third-order valence-electron chi connectivity index (χ3n) is 4.14. The summed E-state index contributed by atoms with van der Waals surface area (Å²) >= 11 is 1.93. The van der Waals surface area contributed by atoms with Crippen LogP contribution in [0.3, 0.4) is 0 Å². The lowest BCUT2D eigenvalue weighted by atomic mass is 10.2. The number of sulfonamides is 1. The number of aliphatic imine (C=N–C) groups is 1. The number of nitrogens with zero attached hydrogens (tertiary/aromatic N) is 2. The second-order valence-electron chi connectivity index (χ2n) is 5.58. The molecule has 2 aliphatic rings. The summed E-state index contributed by atoms with van der Waals surface area (Å²) in [5.74, 6) is 1.07. The Kier molecular flexibility index (Phi) is 6.19. The Labute approximate surface area is 132 Å². The van der Waals surface area contributed by atoms with Crippen molar-refractivity contribution < 1.29 is 8.42 Å². The molecule has 0 aromatic carbocycles.